The molecule has 0 aromatic rings. The largest absolute Gasteiger partial charge is 0.480 e. The minimum absolute atomic E-state index is 0.103. The molecule has 0 unspecified atom stereocenters. The second kappa shape index (κ2) is 4.87. The van der Waals surface area contributed by atoms with Gasteiger partial charge >= 0.3 is 5.97 Å². The van der Waals surface area contributed by atoms with Crippen molar-refractivity contribution in [3.63, 3.8) is 0 Å². The highest BCUT2D eigenvalue weighted by atomic mass is 16.5. The van der Waals surface area contributed by atoms with Gasteiger partial charge in [0.15, 0.2) is 0 Å². The van der Waals surface area contributed by atoms with E-state index in [0.29, 0.717) is 38.9 Å². The third kappa shape index (κ3) is 2.49. The molecule has 17 heavy (non-hydrogen) atoms. The predicted octanol–water partition coefficient (Wildman–Crippen LogP) is 0.703. The van der Waals surface area contributed by atoms with E-state index in [1.54, 1.807) is 0 Å². The molecule has 2 rings (SSSR count). The monoisotopic (exact) mass is 239 g/mol. The number of ether oxygens (including phenoxy) is 1. The Morgan fingerprint density at radius 2 is 1.82 bits per heavy atom. The van der Waals surface area contributed by atoms with Crippen LogP contribution < -0.4 is 5.32 Å². The van der Waals surface area contributed by atoms with Gasteiger partial charge in [0.05, 0.1) is 0 Å². The number of amides is 1. The molecule has 1 heterocycles. The summed E-state index contributed by atoms with van der Waals surface area (Å²) in [4.78, 5) is 23.3. The first kappa shape index (κ1) is 12.1. The van der Waals surface area contributed by atoms with Gasteiger partial charge in [-0.25, -0.2) is 4.79 Å². The van der Waals surface area contributed by atoms with Crippen LogP contribution in [0.1, 0.15) is 25.7 Å². The summed E-state index contributed by atoms with van der Waals surface area (Å²) in [6.07, 6.45) is 6.02. The molecule has 94 valence electrons. The van der Waals surface area contributed by atoms with Gasteiger partial charge < -0.3 is 15.2 Å². The smallest absolute Gasteiger partial charge is 0.329 e. The molecule has 0 radical (unpaired) electrons. The van der Waals surface area contributed by atoms with E-state index in [-0.39, 0.29) is 11.8 Å². The summed E-state index contributed by atoms with van der Waals surface area (Å²) in [5, 5.41) is 12.0. The van der Waals surface area contributed by atoms with Crippen molar-refractivity contribution in [1.29, 1.82) is 0 Å². The Morgan fingerprint density at radius 1 is 1.24 bits per heavy atom. The highest BCUT2D eigenvalue weighted by Gasteiger charge is 2.42. The molecule has 0 saturated carbocycles. The standard InChI is InChI=1S/C12H17NO4/c14-10(9-3-1-2-4-9)13-12(11(15)16)5-7-17-8-6-12/h1-2,9H,3-8H2,(H,13,14)(H,15,16). The van der Waals surface area contributed by atoms with Crippen LogP contribution in [0, 0.1) is 5.92 Å². The minimum Gasteiger partial charge on any atom is -0.480 e. The maximum Gasteiger partial charge on any atom is 0.329 e. The molecular formula is C12H17NO4. The minimum atomic E-state index is -1.13. The third-order valence-corrected chi connectivity index (χ3v) is 3.50. The highest BCUT2D eigenvalue weighted by molar-refractivity contribution is 5.88. The quantitative estimate of drug-likeness (QED) is 0.711. The van der Waals surface area contributed by atoms with Crippen molar-refractivity contribution in [3.05, 3.63) is 12.2 Å². The second-order valence-electron chi connectivity index (χ2n) is 4.63. The van der Waals surface area contributed by atoms with Crippen LogP contribution in [-0.2, 0) is 14.3 Å². The van der Waals surface area contributed by atoms with E-state index in [4.69, 9.17) is 4.74 Å². The lowest BCUT2D eigenvalue weighted by Gasteiger charge is -2.34. The number of carbonyl (C=O) groups excluding carboxylic acids is 1. The predicted molar refractivity (Wildman–Crippen MR) is 60.4 cm³/mol. The summed E-state index contributed by atoms with van der Waals surface area (Å²) in [7, 11) is 0. The Morgan fingerprint density at radius 3 is 2.35 bits per heavy atom. The van der Waals surface area contributed by atoms with Gasteiger partial charge in [0.25, 0.3) is 0 Å². The number of carboxylic acids is 1. The third-order valence-electron chi connectivity index (χ3n) is 3.50. The van der Waals surface area contributed by atoms with Crippen molar-refractivity contribution in [3.8, 4) is 0 Å². The van der Waals surface area contributed by atoms with E-state index in [1.165, 1.54) is 0 Å². The molecule has 0 bridgehead atoms. The Balaban J connectivity index is 2.02. The number of rotatable bonds is 3. The van der Waals surface area contributed by atoms with E-state index in [1.807, 2.05) is 12.2 Å². The van der Waals surface area contributed by atoms with Gasteiger partial charge in [0.2, 0.25) is 5.91 Å². The Labute approximate surface area is 99.8 Å². The van der Waals surface area contributed by atoms with Crippen LogP contribution in [0.15, 0.2) is 12.2 Å². The fraction of sp³-hybridized carbons (Fsp3) is 0.667. The molecule has 2 aliphatic rings. The van der Waals surface area contributed by atoms with E-state index in [2.05, 4.69) is 5.32 Å². The van der Waals surface area contributed by atoms with Gasteiger partial charge in [-0.1, -0.05) is 12.2 Å². The summed E-state index contributed by atoms with van der Waals surface area (Å²) in [5.74, 6) is -1.21. The maximum absolute atomic E-state index is 12.0. The number of nitrogens with one attached hydrogen (secondary N) is 1. The second-order valence-corrected chi connectivity index (χ2v) is 4.63. The van der Waals surface area contributed by atoms with Crippen LogP contribution in [0.3, 0.4) is 0 Å². The van der Waals surface area contributed by atoms with Gasteiger partial charge in [-0.3, -0.25) is 4.79 Å². The molecule has 5 heteroatoms. The molecule has 2 N–H and O–H groups in total. The van der Waals surface area contributed by atoms with Crippen molar-refractivity contribution in [2.24, 2.45) is 5.92 Å². The zero-order valence-corrected chi connectivity index (χ0v) is 9.65. The first-order valence-corrected chi connectivity index (χ1v) is 5.92. The molecule has 0 aromatic carbocycles. The molecular weight excluding hydrogens is 222 g/mol. The molecule has 5 nitrogen and oxygen atoms in total. The lowest BCUT2D eigenvalue weighted by molar-refractivity contribution is -0.152. The van der Waals surface area contributed by atoms with E-state index in [9.17, 15) is 14.7 Å². The van der Waals surface area contributed by atoms with Crippen LogP contribution in [0.5, 0.6) is 0 Å². The molecule has 0 atom stereocenters. The average molecular weight is 239 g/mol. The lowest BCUT2D eigenvalue weighted by Crippen LogP contribution is -2.58. The van der Waals surface area contributed by atoms with Crippen LogP contribution in [0.4, 0.5) is 0 Å². The Bertz CT molecular complexity index is 336. The van der Waals surface area contributed by atoms with Crippen molar-refractivity contribution in [1.82, 2.24) is 5.32 Å². The van der Waals surface area contributed by atoms with Gasteiger partial charge in [-0.05, 0) is 12.8 Å². The van der Waals surface area contributed by atoms with Gasteiger partial charge in [0.1, 0.15) is 5.54 Å². The molecule has 1 aliphatic heterocycles. The first-order valence-electron chi connectivity index (χ1n) is 5.92. The van der Waals surface area contributed by atoms with Crippen LogP contribution in [0.25, 0.3) is 0 Å². The van der Waals surface area contributed by atoms with Crippen molar-refractivity contribution in [2.75, 3.05) is 13.2 Å². The fourth-order valence-electron chi connectivity index (χ4n) is 2.28. The maximum atomic E-state index is 12.0. The molecule has 0 aromatic heterocycles. The van der Waals surface area contributed by atoms with Crippen LogP contribution in [0.2, 0.25) is 0 Å². The molecule has 1 amide bonds. The zero-order valence-electron chi connectivity index (χ0n) is 9.65. The Hall–Kier alpha value is -1.36. The first-order chi connectivity index (χ1) is 8.14. The van der Waals surface area contributed by atoms with Gasteiger partial charge in [-0.2, -0.15) is 0 Å². The SMILES string of the molecule is O=C(NC1(C(=O)O)CCOCC1)C1CC=CC1. The van der Waals surface area contributed by atoms with Crippen molar-refractivity contribution < 1.29 is 19.4 Å². The van der Waals surface area contributed by atoms with E-state index < -0.39 is 11.5 Å². The average Bonchev–Trinajstić information content (AvgIpc) is 2.83. The van der Waals surface area contributed by atoms with Crippen molar-refractivity contribution >= 4 is 11.9 Å². The van der Waals surface area contributed by atoms with Crippen LogP contribution >= 0.6 is 0 Å². The summed E-state index contributed by atoms with van der Waals surface area (Å²) in [6.45, 7) is 0.769. The van der Waals surface area contributed by atoms with E-state index in [0.717, 1.165) is 0 Å². The summed E-state index contributed by atoms with van der Waals surface area (Å²) in [5.41, 5.74) is -1.13. The molecule has 1 saturated heterocycles. The van der Waals surface area contributed by atoms with Crippen LogP contribution in [-0.4, -0.2) is 35.7 Å². The topological polar surface area (TPSA) is 75.6 Å². The fourth-order valence-corrected chi connectivity index (χ4v) is 2.28. The number of hydrogen-bond donors (Lipinski definition) is 2. The van der Waals surface area contributed by atoms with Gasteiger partial charge in [0, 0.05) is 32.0 Å². The van der Waals surface area contributed by atoms with E-state index >= 15 is 0 Å². The molecule has 0 spiro atoms. The number of allylic oxidation sites excluding steroid dienone is 2. The summed E-state index contributed by atoms with van der Waals surface area (Å²) < 4.78 is 5.15. The van der Waals surface area contributed by atoms with Gasteiger partial charge in [-0.15, -0.1) is 0 Å². The zero-order chi connectivity index (χ0) is 12.3. The lowest BCUT2D eigenvalue weighted by atomic mass is 9.89. The van der Waals surface area contributed by atoms with Crippen molar-refractivity contribution in [2.45, 2.75) is 31.2 Å². The Kier molecular flexibility index (Phi) is 3.47. The number of carbonyl (C=O) groups is 2. The number of hydrogen-bond acceptors (Lipinski definition) is 3. The summed E-state index contributed by atoms with van der Waals surface area (Å²) >= 11 is 0. The normalized spacial score (nSPS) is 23.5. The summed E-state index contributed by atoms with van der Waals surface area (Å²) in [6, 6.07) is 0. The number of aliphatic carboxylic acids is 1. The molecule has 1 fully saturated rings. The molecule has 1 aliphatic carbocycles. The number of carboxylic acid groups (broad SMARTS) is 1. The highest BCUT2D eigenvalue weighted by Crippen LogP contribution is 2.24.